The molecule has 24 heavy (non-hydrogen) atoms. The number of ether oxygens (including phenoxy) is 1. The third-order valence-electron chi connectivity index (χ3n) is 2.92. The summed E-state index contributed by atoms with van der Waals surface area (Å²) < 4.78 is 29.8. The summed E-state index contributed by atoms with van der Waals surface area (Å²) >= 11 is 0. The molecule has 0 bridgehead atoms. The Kier molecular flexibility index (Phi) is 15.4. The molecular weight excluding hydrogens is 350 g/mol. The van der Waals surface area contributed by atoms with Gasteiger partial charge in [0, 0.05) is 32.5 Å². The fraction of sp³-hybridized carbons (Fsp3) is 0.933. The molecule has 0 aromatic carbocycles. The van der Waals surface area contributed by atoms with E-state index >= 15 is 0 Å². The Bertz CT molecular complexity index is 330. The summed E-state index contributed by atoms with van der Waals surface area (Å²) in [6.45, 7) is 10.3. The van der Waals surface area contributed by atoms with Crippen LogP contribution < -0.4 is 0 Å². The Hall–Kier alpha value is 0.110. The molecule has 0 aliphatic carbocycles. The second kappa shape index (κ2) is 15.4. The Morgan fingerprint density at radius 1 is 0.917 bits per heavy atom. The summed E-state index contributed by atoms with van der Waals surface area (Å²) in [6.07, 6.45) is 1.10. The molecule has 0 fully saturated rings. The first-order valence-corrected chi connectivity index (χ1v) is 10.6. The molecule has 0 saturated carbocycles. The minimum Gasteiger partial charge on any atom is -0.379 e. The highest BCUT2D eigenvalue weighted by atomic mass is 31.2. The lowest BCUT2D eigenvalue weighted by atomic mass is 10.3. The van der Waals surface area contributed by atoms with Crippen molar-refractivity contribution < 1.29 is 22.8 Å². The molecule has 0 aromatic rings. The zero-order valence-corrected chi connectivity index (χ0v) is 17.5. The van der Waals surface area contributed by atoms with Gasteiger partial charge in [0.05, 0.1) is 38.9 Å². The highest BCUT2D eigenvalue weighted by Gasteiger charge is 2.26. The Morgan fingerprint density at radius 2 is 1.50 bits per heavy atom. The molecule has 0 aromatic heterocycles. The lowest BCUT2D eigenvalue weighted by Crippen LogP contribution is -2.34. The molecule has 7 nitrogen and oxygen atoms in total. The van der Waals surface area contributed by atoms with E-state index in [1.54, 1.807) is 14.2 Å². The van der Waals surface area contributed by atoms with E-state index in [0.717, 1.165) is 6.16 Å². The number of nitriles is 1. The molecule has 0 saturated heterocycles. The topological polar surface area (TPSA) is 73.2 Å². The van der Waals surface area contributed by atoms with Gasteiger partial charge in [0.15, 0.2) is 8.38 Å². The van der Waals surface area contributed by atoms with Crippen LogP contribution >= 0.6 is 16.9 Å². The largest absolute Gasteiger partial charge is 0.379 e. The number of rotatable bonds is 15. The average molecular weight is 382 g/mol. The van der Waals surface area contributed by atoms with Crippen LogP contribution in [0.15, 0.2) is 0 Å². The Labute approximate surface area is 149 Å². The maximum absolute atomic E-state index is 8.68. The fourth-order valence-corrected chi connectivity index (χ4v) is 4.35. The van der Waals surface area contributed by atoms with Gasteiger partial charge in [-0.15, -0.1) is 0 Å². The van der Waals surface area contributed by atoms with Gasteiger partial charge < -0.3 is 22.8 Å². The number of nitrogens with zero attached hydrogens (tertiary/aromatic N) is 2. The summed E-state index contributed by atoms with van der Waals surface area (Å²) in [4.78, 5) is 0. The van der Waals surface area contributed by atoms with Gasteiger partial charge in [-0.2, -0.15) is 5.26 Å². The SMILES string of the molecule is COP(CCOCCOP(OCCC#N)N(C(C)C)C(C)C)OC. The molecule has 1 atom stereocenters. The molecule has 1 unspecified atom stereocenters. The van der Waals surface area contributed by atoms with E-state index in [1.165, 1.54) is 0 Å². The monoisotopic (exact) mass is 382 g/mol. The van der Waals surface area contributed by atoms with Crippen molar-refractivity contribution in [3.05, 3.63) is 0 Å². The predicted molar refractivity (Wildman–Crippen MR) is 97.8 cm³/mol. The Morgan fingerprint density at radius 3 is 2.00 bits per heavy atom. The molecule has 0 radical (unpaired) electrons. The van der Waals surface area contributed by atoms with Gasteiger partial charge in [-0.1, -0.05) is 0 Å². The van der Waals surface area contributed by atoms with Crippen LogP contribution in [0.3, 0.4) is 0 Å². The lowest BCUT2D eigenvalue weighted by Gasteiger charge is -2.35. The fourth-order valence-electron chi connectivity index (χ4n) is 1.99. The molecule has 0 spiro atoms. The smallest absolute Gasteiger partial charge is 0.259 e. The number of hydrogen-bond donors (Lipinski definition) is 0. The minimum atomic E-state index is -1.20. The van der Waals surface area contributed by atoms with Gasteiger partial charge in [0.1, 0.15) is 0 Å². The van der Waals surface area contributed by atoms with E-state index in [1.807, 2.05) is 0 Å². The van der Waals surface area contributed by atoms with Crippen LogP contribution in [0.5, 0.6) is 0 Å². The van der Waals surface area contributed by atoms with E-state index < -0.39 is 16.9 Å². The summed E-state index contributed by atoms with van der Waals surface area (Å²) in [5, 5.41) is 8.68. The second-order valence-corrected chi connectivity index (χ2v) is 8.71. The van der Waals surface area contributed by atoms with Crippen LogP contribution in [-0.2, 0) is 22.8 Å². The first-order valence-electron chi connectivity index (χ1n) is 8.12. The van der Waals surface area contributed by atoms with Crippen molar-refractivity contribution in [1.29, 1.82) is 5.26 Å². The highest BCUT2D eigenvalue weighted by Crippen LogP contribution is 2.45. The van der Waals surface area contributed by atoms with Gasteiger partial charge in [0.2, 0.25) is 0 Å². The zero-order chi connectivity index (χ0) is 18.4. The maximum atomic E-state index is 8.68. The number of hydrogen-bond acceptors (Lipinski definition) is 7. The van der Waals surface area contributed by atoms with Crippen molar-refractivity contribution in [2.24, 2.45) is 0 Å². The standard InChI is InChI=1S/C15H32N2O5P2/c1-14(2)17(15(3)4)24(21-9-7-8-16)22-11-10-20-12-13-23(18-5)19-6/h14-15H,7,9-13H2,1-6H3. The van der Waals surface area contributed by atoms with Gasteiger partial charge in [-0.05, 0) is 27.7 Å². The van der Waals surface area contributed by atoms with Crippen LogP contribution in [0.25, 0.3) is 0 Å². The van der Waals surface area contributed by atoms with Crippen LogP contribution in [0, 0.1) is 11.3 Å². The van der Waals surface area contributed by atoms with E-state index in [9.17, 15) is 0 Å². The molecular formula is C15H32N2O5P2. The highest BCUT2D eigenvalue weighted by molar-refractivity contribution is 7.47. The third-order valence-corrected chi connectivity index (χ3v) is 6.39. The van der Waals surface area contributed by atoms with Gasteiger partial charge >= 0.3 is 0 Å². The van der Waals surface area contributed by atoms with Gasteiger partial charge in [-0.3, -0.25) is 0 Å². The quantitative estimate of drug-likeness (QED) is 0.314. The van der Waals surface area contributed by atoms with Crippen LogP contribution in [0.4, 0.5) is 0 Å². The second-order valence-electron chi connectivity index (χ2n) is 5.41. The molecule has 0 aliphatic rings. The molecule has 9 heteroatoms. The van der Waals surface area contributed by atoms with E-state index in [0.29, 0.717) is 44.9 Å². The first kappa shape index (κ1) is 24.1. The van der Waals surface area contributed by atoms with E-state index in [2.05, 4.69) is 38.4 Å². The minimum absolute atomic E-state index is 0.297. The summed E-state index contributed by atoms with van der Waals surface area (Å²) in [5.74, 6) is 0. The van der Waals surface area contributed by atoms with Gasteiger partial charge in [-0.25, -0.2) is 4.67 Å². The normalized spacial score (nSPS) is 13.2. The summed E-state index contributed by atoms with van der Waals surface area (Å²) in [6, 6.07) is 2.69. The van der Waals surface area contributed by atoms with Crippen molar-refractivity contribution in [2.45, 2.75) is 46.2 Å². The van der Waals surface area contributed by atoms with Crippen molar-refractivity contribution in [2.75, 3.05) is 46.8 Å². The average Bonchev–Trinajstić information content (AvgIpc) is 2.53. The molecule has 0 aliphatic heterocycles. The van der Waals surface area contributed by atoms with Crippen LogP contribution in [0.1, 0.15) is 34.1 Å². The third kappa shape index (κ3) is 10.9. The van der Waals surface area contributed by atoms with Crippen molar-refractivity contribution >= 4 is 16.9 Å². The van der Waals surface area contributed by atoms with Crippen molar-refractivity contribution in [3.8, 4) is 6.07 Å². The molecule has 142 valence electrons. The molecule has 0 rings (SSSR count). The van der Waals surface area contributed by atoms with Crippen molar-refractivity contribution in [3.63, 3.8) is 0 Å². The lowest BCUT2D eigenvalue weighted by molar-refractivity contribution is 0.0951. The maximum Gasteiger partial charge on any atom is 0.259 e. The molecule has 0 N–H and O–H groups in total. The summed E-state index contributed by atoms with van der Waals surface area (Å²) in [7, 11) is 1.22. The van der Waals surface area contributed by atoms with Crippen LogP contribution in [-0.4, -0.2) is 63.6 Å². The molecule has 0 amide bonds. The molecule has 0 heterocycles. The van der Waals surface area contributed by atoms with Gasteiger partial charge in [0.25, 0.3) is 8.53 Å². The van der Waals surface area contributed by atoms with Crippen molar-refractivity contribution in [1.82, 2.24) is 4.67 Å². The summed E-state index contributed by atoms with van der Waals surface area (Å²) in [5.41, 5.74) is 0. The van der Waals surface area contributed by atoms with E-state index in [4.69, 9.17) is 28.1 Å². The predicted octanol–water partition coefficient (Wildman–Crippen LogP) is 3.90. The zero-order valence-electron chi connectivity index (χ0n) is 15.7. The van der Waals surface area contributed by atoms with E-state index in [-0.39, 0.29) is 0 Å². The van der Waals surface area contributed by atoms with Crippen LogP contribution in [0.2, 0.25) is 0 Å². The Balaban J connectivity index is 4.23. The first-order chi connectivity index (χ1) is 11.5.